The molecule has 0 spiro atoms. The van der Waals surface area contributed by atoms with Crippen LogP contribution in [0.5, 0.6) is 0 Å². The number of aryl methyl sites for hydroxylation is 1. The van der Waals surface area contributed by atoms with E-state index in [2.05, 4.69) is 15.5 Å². The van der Waals surface area contributed by atoms with E-state index in [0.717, 1.165) is 5.56 Å². The largest absolute Gasteiger partial charge is 0.480 e. The third kappa shape index (κ3) is 3.53. The Balaban J connectivity index is 2.28. The fourth-order valence-electron chi connectivity index (χ4n) is 2.03. The van der Waals surface area contributed by atoms with E-state index in [0.29, 0.717) is 5.82 Å². The van der Waals surface area contributed by atoms with Gasteiger partial charge in [-0.05, 0) is 34.9 Å². The Morgan fingerprint density at radius 2 is 1.90 bits per heavy atom. The highest BCUT2D eigenvalue weighted by Gasteiger charge is 2.26. The molecule has 21 heavy (non-hydrogen) atoms. The zero-order chi connectivity index (χ0) is 15.4. The summed E-state index contributed by atoms with van der Waals surface area (Å²) < 4.78 is 1.34. The van der Waals surface area contributed by atoms with Crippen LogP contribution in [0.1, 0.15) is 36.8 Å². The number of rotatable bonds is 5. The van der Waals surface area contributed by atoms with Gasteiger partial charge in [-0.2, -0.15) is 0 Å². The molecule has 6 nitrogen and oxygen atoms in total. The standard InChI is InChI=1S/C15H18N4O2/c1-10(2)14(15(20)21)19-13(16-17-18-19)9-8-12-6-4-11(3)5-7-12/h4-10,14H,1-3H3,(H,20,21)/b9-8+. The molecule has 0 aliphatic rings. The van der Waals surface area contributed by atoms with Crippen LogP contribution in [-0.2, 0) is 4.79 Å². The van der Waals surface area contributed by atoms with Crippen LogP contribution in [0.15, 0.2) is 24.3 Å². The molecule has 1 aromatic heterocycles. The van der Waals surface area contributed by atoms with Gasteiger partial charge >= 0.3 is 5.97 Å². The number of hydrogen-bond acceptors (Lipinski definition) is 4. The summed E-state index contributed by atoms with van der Waals surface area (Å²) >= 11 is 0. The molecule has 1 atom stereocenters. The van der Waals surface area contributed by atoms with Crippen LogP contribution in [0.3, 0.4) is 0 Å². The molecule has 1 heterocycles. The third-order valence-electron chi connectivity index (χ3n) is 3.17. The number of carboxylic acids is 1. The average molecular weight is 286 g/mol. The Labute approximate surface area is 123 Å². The van der Waals surface area contributed by atoms with Gasteiger partial charge in [-0.15, -0.1) is 5.10 Å². The summed E-state index contributed by atoms with van der Waals surface area (Å²) in [5, 5.41) is 20.6. The molecule has 0 saturated carbocycles. The predicted octanol–water partition coefficient (Wildman–Crippen LogP) is 2.43. The average Bonchev–Trinajstić information content (AvgIpc) is 2.85. The van der Waals surface area contributed by atoms with Gasteiger partial charge in [-0.3, -0.25) is 0 Å². The monoisotopic (exact) mass is 286 g/mol. The Hall–Kier alpha value is -2.50. The highest BCUT2D eigenvalue weighted by molar-refractivity contribution is 5.73. The van der Waals surface area contributed by atoms with E-state index in [1.807, 2.05) is 51.1 Å². The lowest BCUT2D eigenvalue weighted by molar-refractivity contribution is -0.142. The minimum atomic E-state index is -0.942. The van der Waals surface area contributed by atoms with Gasteiger partial charge in [0.25, 0.3) is 0 Å². The summed E-state index contributed by atoms with van der Waals surface area (Å²) in [6.45, 7) is 5.68. The van der Waals surface area contributed by atoms with Gasteiger partial charge in [0.15, 0.2) is 11.9 Å². The summed E-state index contributed by atoms with van der Waals surface area (Å²) in [5.74, 6) is -0.628. The molecule has 1 unspecified atom stereocenters. The van der Waals surface area contributed by atoms with Crippen LogP contribution in [0.2, 0.25) is 0 Å². The van der Waals surface area contributed by atoms with Crippen LogP contribution in [0.4, 0.5) is 0 Å². The number of aliphatic carboxylic acids is 1. The quantitative estimate of drug-likeness (QED) is 0.913. The van der Waals surface area contributed by atoms with Gasteiger partial charge in [0, 0.05) is 0 Å². The molecule has 2 rings (SSSR count). The van der Waals surface area contributed by atoms with E-state index < -0.39 is 12.0 Å². The molecule has 1 N–H and O–H groups in total. The normalized spacial score (nSPS) is 13.0. The molecule has 0 saturated heterocycles. The Morgan fingerprint density at radius 3 is 2.48 bits per heavy atom. The van der Waals surface area contributed by atoms with Crippen LogP contribution >= 0.6 is 0 Å². The van der Waals surface area contributed by atoms with E-state index in [1.54, 1.807) is 6.08 Å². The van der Waals surface area contributed by atoms with Gasteiger partial charge in [0.2, 0.25) is 0 Å². The molecule has 6 heteroatoms. The molecule has 1 aromatic carbocycles. The first-order valence-corrected chi connectivity index (χ1v) is 6.74. The molecule has 0 radical (unpaired) electrons. The second kappa shape index (κ2) is 6.30. The van der Waals surface area contributed by atoms with E-state index in [-0.39, 0.29) is 5.92 Å². The van der Waals surface area contributed by atoms with Crippen molar-refractivity contribution >= 4 is 18.1 Å². The van der Waals surface area contributed by atoms with Crippen LogP contribution in [0.25, 0.3) is 12.2 Å². The number of tetrazole rings is 1. The molecule has 0 amide bonds. The Kier molecular flexibility index (Phi) is 4.47. The number of benzene rings is 1. The van der Waals surface area contributed by atoms with E-state index in [4.69, 9.17) is 0 Å². The van der Waals surface area contributed by atoms with Crippen molar-refractivity contribution in [2.45, 2.75) is 26.8 Å². The number of nitrogens with zero attached hydrogens (tertiary/aromatic N) is 4. The van der Waals surface area contributed by atoms with Crippen molar-refractivity contribution in [2.24, 2.45) is 5.92 Å². The predicted molar refractivity (Wildman–Crippen MR) is 79.4 cm³/mol. The van der Waals surface area contributed by atoms with Crippen molar-refractivity contribution in [1.82, 2.24) is 20.2 Å². The van der Waals surface area contributed by atoms with E-state index in [9.17, 15) is 9.90 Å². The van der Waals surface area contributed by atoms with E-state index >= 15 is 0 Å². The lowest BCUT2D eigenvalue weighted by Crippen LogP contribution is -2.26. The first-order valence-electron chi connectivity index (χ1n) is 6.74. The minimum absolute atomic E-state index is 0.113. The van der Waals surface area contributed by atoms with Gasteiger partial charge in [-0.1, -0.05) is 49.8 Å². The number of aromatic nitrogens is 4. The molecule has 0 aliphatic heterocycles. The lowest BCUT2D eigenvalue weighted by Gasteiger charge is -2.16. The molecule has 0 bridgehead atoms. The molecule has 0 fully saturated rings. The van der Waals surface area contributed by atoms with Gasteiger partial charge in [-0.25, -0.2) is 9.48 Å². The second-order valence-electron chi connectivity index (χ2n) is 5.25. The maximum Gasteiger partial charge on any atom is 0.328 e. The molecule has 2 aromatic rings. The van der Waals surface area contributed by atoms with Crippen molar-refractivity contribution in [1.29, 1.82) is 0 Å². The van der Waals surface area contributed by atoms with Crippen LogP contribution in [-0.4, -0.2) is 31.3 Å². The summed E-state index contributed by atoms with van der Waals surface area (Å²) in [4.78, 5) is 11.4. The van der Waals surface area contributed by atoms with Crippen molar-refractivity contribution < 1.29 is 9.90 Å². The number of carbonyl (C=O) groups is 1. The third-order valence-corrected chi connectivity index (χ3v) is 3.17. The highest BCUT2D eigenvalue weighted by atomic mass is 16.4. The Morgan fingerprint density at radius 1 is 1.24 bits per heavy atom. The minimum Gasteiger partial charge on any atom is -0.480 e. The van der Waals surface area contributed by atoms with Gasteiger partial charge in [0.1, 0.15) is 0 Å². The fourth-order valence-corrected chi connectivity index (χ4v) is 2.03. The van der Waals surface area contributed by atoms with Crippen LogP contribution in [0, 0.1) is 12.8 Å². The SMILES string of the molecule is Cc1ccc(/C=C/c2nnnn2C(C(=O)O)C(C)C)cc1. The van der Waals surface area contributed by atoms with Crippen LogP contribution < -0.4 is 0 Å². The Bertz CT molecular complexity index is 644. The summed E-state index contributed by atoms with van der Waals surface area (Å²) in [5.41, 5.74) is 2.19. The number of carboxylic acid groups (broad SMARTS) is 1. The fraction of sp³-hybridized carbons (Fsp3) is 0.333. The van der Waals surface area contributed by atoms with Crippen molar-refractivity contribution in [3.05, 3.63) is 41.2 Å². The van der Waals surface area contributed by atoms with Crippen molar-refractivity contribution in [2.75, 3.05) is 0 Å². The van der Waals surface area contributed by atoms with Gasteiger partial charge in [0.05, 0.1) is 0 Å². The zero-order valence-corrected chi connectivity index (χ0v) is 12.3. The smallest absolute Gasteiger partial charge is 0.328 e. The van der Waals surface area contributed by atoms with E-state index in [1.165, 1.54) is 10.2 Å². The number of hydrogen-bond donors (Lipinski definition) is 1. The summed E-state index contributed by atoms with van der Waals surface area (Å²) in [6, 6.07) is 7.21. The first kappa shape index (κ1) is 14.9. The van der Waals surface area contributed by atoms with Crippen molar-refractivity contribution in [3.8, 4) is 0 Å². The molecular weight excluding hydrogens is 268 g/mol. The zero-order valence-electron chi connectivity index (χ0n) is 12.3. The molecular formula is C15H18N4O2. The maximum absolute atomic E-state index is 11.4. The maximum atomic E-state index is 11.4. The van der Waals surface area contributed by atoms with Gasteiger partial charge < -0.3 is 5.11 Å². The lowest BCUT2D eigenvalue weighted by atomic mass is 10.1. The van der Waals surface area contributed by atoms with Crippen molar-refractivity contribution in [3.63, 3.8) is 0 Å². The highest BCUT2D eigenvalue weighted by Crippen LogP contribution is 2.19. The second-order valence-corrected chi connectivity index (χ2v) is 5.25. The topological polar surface area (TPSA) is 80.9 Å². The molecule has 110 valence electrons. The first-order chi connectivity index (χ1) is 9.99. The summed E-state index contributed by atoms with van der Waals surface area (Å²) in [6.07, 6.45) is 3.59. The summed E-state index contributed by atoms with van der Waals surface area (Å²) in [7, 11) is 0. The molecule has 0 aliphatic carbocycles.